The predicted molar refractivity (Wildman–Crippen MR) is 103 cm³/mol. The molecule has 1 aliphatic rings. The van der Waals surface area contributed by atoms with Crippen LogP contribution in [0.5, 0.6) is 5.75 Å². The molecule has 0 saturated heterocycles. The van der Waals surface area contributed by atoms with Crippen molar-refractivity contribution in [2.24, 2.45) is 4.99 Å². The van der Waals surface area contributed by atoms with Crippen molar-refractivity contribution in [3.05, 3.63) is 42.0 Å². The summed E-state index contributed by atoms with van der Waals surface area (Å²) in [5.41, 5.74) is 1.25. The fourth-order valence-electron chi connectivity index (χ4n) is 2.37. The number of methoxy groups -OCH3 is 1. The molecular formula is C17H26IN3O. The zero-order chi connectivity index (χ0) is 14.9. The van der Waals surface area contributed by atoms with Gasteiger partial charge in [-0.1, -0.05) is 24.3 Å². The van der Waals surface area contributed by atoms with Crippen molar-refractivity contribution in [1.29, 1.82) is 0 Å². The standard InChI is InChI=1S/C17H25N3O.HI/c1-3-18-17(20-15-8-4-5-9-15)19-12-11-14-7-6-10-16(13-14)21-2;/h4-7,10,13,15H,3,8-9,11-12H2,1-2H3,(H2,18,19,20);1H. The summed E-state index contributed by atoms with van der Waals surface area (Å²) in [6, 6.07) is 8.65. The number of nitrogens with zero attached hydrogens (tertiary/aromatic N) is 1. The molecule has 0 saturated carbocycles. The molecule has 0 atom stereocenters. The number of aliphatic imine (C=N–C) groups is 1. The largest absolute Gasteiger partial charge is 0.497 e. The molecule has 0 aliphatic heterocycles. The van der Waals surface area contributed by atoms with Gasteiger partial charge in [0, 0.05) is 19.1 Å². The molecule has 0 fully saturated rings. The van der Waals surface area contributed by atoms with Gasteiger partial charge >= 0.3 is 0 Å². The van der Waals surface area contributed by atoms with Crippen molar-refractivity contribution in [1.82, 2.24) is 10.6 Å². The molecule has 0 aromatic heterocycles. The molecule has 0 spiro atoms. The van der Waals surface area contributed by atoms with Gasteiger partial charge in [0.1, 0.15) is 5.75 Å². The Labute approximate surface area is 150 Å². The zero-order valence-corrected chi connectivity index (χ0v) is 15.7. The van der Waals surface area contributed by atoms with Gasteiger partial charge in [0.25, 0.3) is 0 Å². The second-order valence-electron chi connectivity index (χ2n) is 5.15. The summed E-state index contributed by atoms with van der Waals surface area (Å²) in [5.74, 6) is 1.81. The number of hydrogen-bond donors (Lipinski definition) is 2. The number of halogens is 1. The highest BCUT2D eigenvalue weighted by Crippen LogP contribution is 2.13. The van der Waals surface area contributed by atoms with Crippen molar-refractivity contribution < 1.29 is 4.74 Å². The molecule has 122 valence electrons. The Morgan fingerprint density at radius 2 is 2.09 bits per heavy atom. The molecule has 1 aliphatic carbocycles. The molecule has 0 unspecified atom stereocenters. The molecule has 0 bridgehead atoms. The molecule has 0 radical (unpaired) electrons. The number of rotatable bonds is 6. The van der Waals surface area contributed by atoms with Crippen LogP contribution in [0.3, 0.4) is 0 Å². The lowest BCUT2D eigenvalue weighted by Crippen LogP contribution is -2.42. The van der Waals surface area contributed by atoms with Crippen LogP contribution in [0.1, 0.15) is 25.3 Å². The first kappa shape index (κ1) is 18.8. The van der Waals surface area contributed by atoms with Crippen LogP contribution in [-0.4, -0.2) is 32.2 Å². The second-order valence-corrected chi connectivity index (χ2v) is 5.15. The summed E-state index contributed by atoms with van der Waals surface area (Å²) in [7, 11) is 1.69. The smallest absolute Gasteiger partial charge is 0.191 e. The van der Waals surface area contributed by atoms with Crippen LogP contribution in [0.4, 0.5) is 0 Å². The molecule has 1 aromatic rings. The van der Waals surface area contributed by atoms with Gasteiger partial charge in [0.2, 0.25) is 0 Å². The van der Waals surface area contributed by atoms with E-state index in [1.54, 1.807) is 7.11 Å². The van der Waals surface area contributed by atoms with E-state index in [1.807, 2.05) is 12.1 Å². The molecule has 0 heterocycles. The van der Waals surface area contributed by atoms with E-state index in [9.17, 15) is 0 Å². The highest BCUT2D eigenvalue weighted by Gasteiger charge is 2.11. The number of ether oxygens (including phenoxy) is 1. The van der Waals surface area contributed by atoms with E-state index < -0.39 is 0 Å². The SMILES string of the molecule is CCNC(=NCCc1cccc(OC)c1)NC1CC=CC1.I. The van der Waals surface area contributed by atoms with Gasteiger partial charge in [0.05, 0.1) is 7.11 Å². The van der Waals surface area contributed by atoms with Crippen LogP contribution in [0.15, 0.2) is 41.4 Å². The lowest BCUT2D eigenvalue weighted by Gasteiger charge is -2.16. The lowest BCUT2D eigenvalue weighted by atomic mass is 10.1. The molecule has 5 heteroatoms. The van der Waals surface area contributed by atoms with E-state index in [1.165, 1.54) is 5.56 Å². The van der Waals surface area contributed by atoms with Gasteiger partial charge < -0.3 is 15.4 Å². The normalized spacial score (nSPS) is 14.5. The Bertz CT molecular complexity index is 494. The van der Waals surface area contributed by atoms with Crippen molar-refractivity contribution in [3.8, 4) is 5.75 Å². The summed E-state index contributed by atoms with van der Waals surface area (Å²) < 4.78 is 5.24. The lowest BCUT2D eigenvalue weighted by molar-refractivity contribution is 0.414. The zero-order valence-electron chi connectivity index (χ0n) is 13.3. The van der Waals surface area contributed by atoms with Crippen molar-refractivity contribution in [3.63, 3.8) is 0 Å². The van der Waals surface area contributed by atoms with E-state index in [0.717, 1.165) is 44.1 Å². The first-order chi connectivity index (χ1) is 10.3. The van der Waals surface area contributed by atoms with Crippen molar-refractivity contribution in [2.75, 3.05) is 20.2 Å². The average molecular weight is 415 g/mol. The fraction of sp³-hybridized carbons (Fsp3) is 0.471. The summed E-state index contributed by atoms with van der Waals surface area (Å²) >= 11 is 0. The molecular weight excluding hydrogens is 389 g/mol. The van der Waals surface area contributed by atoms with Gasteiger partial charge in [0.15, 0.2) is 5.96 Å². The van der Waals surface area contributed by atoms with E-state index >= 15 is 0 Å². The van der Waals surface area contributed by atoms with E-state index in [4.69, 9.17) is 4.74 Å². The summed E-state index contributed by atoms with van der Waals surface area (Å²) in [6.07, 6.45) is 7.52. The molecule has 4 nitrogen and oxygen atoms in total. The third-order valence-corrected chi connectivity index (χ3v) is 3.50. The predicted octanol–water partition coefficient (Wildman–Crippen LogP) is 3.13. The maximum atomic E-state index is 5.24. The minimum absolute atomic E-state index is 0. The molecule has 2 N–H and O–H groups in total. The number of guanidine groups is 1. The minimum atomic E-state index is 0. The Morgan fingerprint density at radius 3 is 2.77 bits per heavy atom. The van der Waals surface area contributed by atoms with Gasteiger partial charge in [-0.2, -0.15) is 0 Å². The van der Waals surface area contributed by atoms with Gasteiger partial charge in [-0.3, -0.25) is 4.99 Å². The van der Waals surface area contributed by atoms with Crippen LogP contribution >= 0.6 is 24.0 Å². The molecule has 2 rings (SSSR count). The third kappa shape index (κ3) is 6.25. The Hall–Kier alpha value is -1.24. The summed E-state index contributed by atoms with van der Waals surface area (Å²) in [4.78, 5) is 4.65. The summed E-state index contributed by atoms with van der Waals surface area (Å²) in [5, 5.41) is 6.78. The van der Waals surface area contributed by atoms with Crippen molar-refractivity contribution in [2.45, 2.75) is 32.2 Å². The maximum absolute atomic E-state index is 5.24. The van der Waals surface area contributed by atoms with Crippen LogP contribution in [-0.2, 0) is 6.42 Å². The number of benzene rings is 1. The van der Waals surface area contributed by atoms with Gasteiger partial charge in [-0.25, -0.2) is 0 Å². The van der Waals surface area contributed by atoms with Crippen LogP contribution in [0.2, 0.25) is 0 Å². The molecule has 22 heavy (non-hydrogen) atoms. The Balaban J connectivity index is 0.00000242. The maximum Gasteiger partial charge on any atom is 0.191 e. The highest BCUT2D eigenvalue weighted by molar-refractivity contribution is 14.0. The topological polar surface area (TPSA) is 45.7 Å². The van der Waals surface area contributed by atoms with E-state index in [2.05, 4.69) is 46.8 Å². The Morgan fingerprint density at radius 1 is 1.32 bits per heavy atom. The van der Waals surface area contributed by atoms with Gasteiger partial charge in [-0.05, 0) is 43.9 Å². The average Bonchev–Trinajstić information content (AvgIpc) is 3.00. The molecule has 1 aromatic carbocycles. The number of hydrogen-bond acceptors (Lipinski definition) is 2. The first-order valence-electron chi connectivity index (χ1n) is 7.64. The van der Waals surface area contributed by atoms with Crippen LogP contribution < -0.4 is 15.4 Å². The molecule has 0 amide bonds. The Kier molecular flexibility index (Phi) is 8.96. The number of nitrogens with one attached hydrogen (secondary N) is 2. The van der Waals surface area contributed by atoms with Crippen molar-refractivity contribution >= 4 is 29.9 Å². The third-order valence-electron chi connectivity index (χ3n) is 3.50. The second kappa shape index (κ2) is 10.5. The quantitative estimate of drug-likeness (QED) is 0.325. The summed E-state index contributed by atoms with van der Waals surface area (Å²) in [6.45, 7) is 3.74. The van der Waals surface area contributed by atoms with Crippen LogP contribution in [0, 0.1) is 0 Å². The minimum Gasteiger partial charge on any atom is -0.497 e. The highest BCUT2D eigenvalue weighted by atomic mass is 127. The monoisotopic (exact) mass is 415 g/mol. The fourth-order valence-corrected chi connectivity index (χ4v) is 2.37. The van der Waals surface area contributed by atoms with E-state index in [0.29, 0.717) is 6.04 Å². The van der Waals surface area contributed by atoms with E-state index in [-0.39, 0.29) is 24.0 Å². The first-order valence-corrected chi connectivity index (χ1v) is 7.64. The van der Waals surface area contributed by atoms with Gasteiger partial charge in [-0.15, -0.1) is 24.0 Å². The van der Waals surface area contributed by atoms with Crippen LogP contribution in [0.25, 0.3) is 0 Å².